The summed E-state index contributed by atoms with van der Waals surface area (Å²) in [6.07, 6.45) is -0.321. The molecule has 5 nitrogen and oxygen atoms in total. The van der Waals surface area contributed by atoms with E-state index in [0.717, 1.165) is 6.07 Å². The van der Waals surface area contributed by atoms with Gasteiger partial charge in [-0.3, -0.25) is 10.1 Å². The molecule has 0 bridgehead atoms. The van der Waals surface area contributed by atoms with Crippen LogP contribution in [0.4, 0.5) is 14.9 Å². The summed E-state index contributed by atoms with van der Waals surface area (Å²) in [5.41, 5.74) is -0.619. The summed E-state index contributed by atoms with van der Waals surface area (Å²) in [5.74, 6) is -0.900. The molecule has 1 aromatic rings. The average molecular weight is 269 g/mol. The molecule has 0 aliphatic rings. The van der Waals surface area contributed by atoms with E-state index < -0.39 is 17.5 Å². The van der Waals surface area contributed by atoms with Crippen LogP contribution < -0.4 is 10.1 Å². The zero-order chi connectivity index (χ0) is 14.6. The maximum atomic E-state index is 13.4. The fourth-order valence-corrected chi connectivity index (χ4v) is 1.42. The van der Waals surface area contributed by atoms with E-state index >= 15 is 0 Å². The van der Waals surface area contributed by atoms with Crippen LogP contribution in [0, 0.1) is 5.82 Å². The van der Waals surface area contributed by atoms with Gasteiger partial charge >= 0.3 is 6.09 Å². The van der Waals surface area contributed by atoms with Crippen LogP contribution in [0.25, 0.3) is 0 Å². The van der Waals surface area contributed by atoms with Crippen LogP contribution in [-0.4, -0.2) is 25.1 Å². The van der Waals surface area contributed by atoms with Crippen molar-refractivity contribution in [1.29, 1.82) is 0 Å². The number of carbonyl (C=O) groups is 2. The Bertz CT molecular complexity index is 494. The molecule has 0 aliphatic heterocycles. The highest BCUT2D eigenvalue weighted by Gasteiger charge is 2.19. The summed E-state index contributed by atoms with van der Waals surface area (Å²) in [7, 11) is 1.24. The molecule has 0 saturated carbocycles. The van der Waals surface area contributed by atoms with E-state index in [9.17, 15) is 14.0 Å². The molecule has 104 valence electrons. The Morgan fingerprint density at radius 1 is 1.37 bits per heavy atom. The first-order valence-corrected chi connectivity index (χ1v) is 5.60. The topological polar surface area (TPSA) is 64.6 Å². The van der Waals surface area contributed by atoms with Gasteiger partial charge in [0.05, 0.1) is 18.4 Å². The summed E-state index contributed by atoms with van der Waals surface area (Å²) in [6, 6.07) is 2.37. The number of halogens is 1. The molecule has 6 heteroatoms. The van der Waals surface area contributed by atoms with Crippen LogP contribution in [-0.2, 0) is 4.74 Å². The van der Waals surface area contributed by atoms with Gasteiger partial charge in [-0.2, -0.15) is 0 Å². The van der Waals surface area contributed by atoms with Crippen molar-refractivity contribution in [2.24, 2.45) is 0 Å². The quantitative estimate of drug-likeness (QED) is 0.857. The number of carbonyl (C=O) groups excluding carboxylic acids is 2. The number of benzene rings is 1. The van der Waals surface area contributed by atoms with Gasteiger partial charge in [0.2, 0.25) is 0 Å². The van der Waals surface area contributed by atoms with E-state index in [4.69, 9.17) is 9.47 Å². The Morgan fingerprint density at radius 3 is 2.47 bits per heavy atom. The Labute approximate surface area is 110 Å². The third-order valence-corrected chi connectivity index (χ3v) is 2.11. The van der Waals surface area contributed by atoms with Gasteiger partial charge in [0.15, 0.2) is 17.9 Å². The van der Waals surface area contributed by atoms with E-state index in [1.165, 1.54) is 13.2 Å². The Kier molecular flexibility index (Phi) is 4.47. The van der Waals surface area contributed by atoms with Crippen molar-refractivity contribution >= 4 is 18.1 Å². The van der Waals surface area contributed by atoms with Gasteiger partial charge in [-0.05, 0) is 32.9 Å². The fourth-order valence-electron chi connectivity index (χ4n) is 1.42. The average Bonchev–Trinajstić information content (AvgIpc) is 2.28. The zero-order valence-corrected chi connectivity index (χ0v) is 11.2. The molecule has 1 N–H and O–H groups in total. The van der Waals surface area contributed by atoms with Gasteiger partial charge < -0.3 is 9.47 Å². The van der Waals surface area contributed by atoms with Gasteiger partial charge in [0.1, 0.15) is 5.60 Å². The second kappa shape index (κ2) is 5.69. The molecular weight excluding hydrogens is 253 g/mol. The normalized spacial score (nSPS) is 10.8. The van der Waals surface area contributed by atoms with Crippen molar-refractivity contribution in [3.63, 3.8) is 0 Å². The molecule has 0 aromatic heterocycles. The van der Waals surface area contributed by atoms with E-state index in [-0.39, 0.29) is 17.0 Å². The number of rotatable bonds is 3. The first kappa shape index (κ1) is 14.9. The molecule has 1 amide bonds. The Balaban J connectivity index is 3.02. The molecule has 1 rings (SSSR count). The highest BCUT2D eigenvalue weighted by molar-refractivity contribution is 5.95. The van der Waals surface area contributed by atoms with Gasteiger partial charge in [-0.25, -0.2) is 9.18 Å². The lowest BCUT2D eigenvalue weighted by molar-refractivity contribution is 0.0636. The highest BCUT2D eigenvalue weighted by Crippen LogP contribution is 2.28. The maximum absolute atomic E-state index is 13.4. The van der Waals surface area contributed by atoms with Crippen molar-refractivity contribution in [3.05, 3.63) is 23.5 Å². The second-order valence-corrected chi connectivity index (χ2v) is 4.79. The second-order valence-electron chi connectivity index (χ2n) is 4.79. The van der Waals surface area contributed by atoms with Gasteiger partial charge in [-0.15, -0.1) is 0 Å². The highest BCUT2D eigenvalue weighted by atomic mass is 19.1. The van der Waals surface area contributed by atoms with Crippen LogP contribution in [0.2, 0.25) is 0 Å². The van der Waals surface area contributed by atoms with Crippen molar-refractivity contribution in [2.75, 3.05) is 12.4 Å². The minimum absolute atomic E-state index is 0.0756. The molecule has 0 atom stereocenters. The van der Waals surface area contributed by atoms with Gasteiger partial charge in [0.25, 0.3) is 0 Å². The summed E-state index contributed by atoms with van der Waals surface area (Å²) in [5, 5.41) is 2.38. The van der Waals surface area contributed by atoms with Crippen molar-refractivity contribution in [2.45, 2.75) is 26.4 Å². The maximum Gasteiger partial charge on any atom is 0.412 e. The SMILES string of the molecule is COc1c(F)ccc(NC(=O)OC(C)(C)C)c1C=O. The van der Waals surface area contributed by atoms with E-state index in [1.54, 1.807) is 20.8 Å². The lowest BCUT2D eigenvalue weighted by Gasteiger charge is -2.20. The van der Waals surface area contributed by atoms with E-state index in [0.29, 0.717) is 6.29 Å². The van der Waals surface area contributed by atoms with Gasteiger partial charge in [0, 0.05) is 0 Å². The zero-order valence-electron chi connectivity index (χ0n) is 11.2. The van der Waals surface area contributed by atoms with Gasteiger partial charge in [-0.1, -0.05) is 0 Å². The number of methoxy groups -OCH3 is 1. The smallest absolute Gasteiger partial charge is 0.412 e. The Hall–Kier alpha value is -2.11. The molecule has 0 unspecified atom stereocenters. The van der Waals surface area contributed by atoms with Crippen molar-refractivity contribution in [1.82, 2.24) is 0 Å². The fraction of sp³-hybridized carbons (Fsp3) is 0.385. The van der Waals surface area contributed by atoms with Crippen LogP contribution in [0.5, 0.6) is 5.75 Å². The number of amides is 1. The predicted octanol–water partition coefficient (Wildman–Crippen LogP) is 2.99. The minimum atomic E-state index is -0.732. The molecule has 0 fully saturated rings. The standard InChI is InChI=1S/C13H16FNO4/c1-13(2,3)19-12(17)15-10-6-5-9(14)11(18-4)8(10)7-16/h5-7H,1-4H3,(H,15,17). The van der Waals surface area contributed by atoms with Crippen LogP contribution in [0.15, 0.2) is 12.1 Å². The molecule has 19 heavy (non-hydrogen) atoms. The lowest BCUT2D eigenvalue weighted by Crippen LogP contribution is -2.27. The largest absolute Gasteiger partial charge is 0.493 e. The molecule has 0 spiro atoms. The third-order valence-electron chi connectivity index (χ3n) is 2.11. The number of hydrogen-bond donors (Lipinski definition) is 1. The first-order chi connectivity index (χ1) is 8.78. The number of hydrogen-bond acceptors (Lipinski definition) is 4. The number of nitrogens with one attached hydrogen (secondary N) is 1. The molecule has 0 aliphatic carbocycles. The van der Waals surface area contributed by atoms with E-state index in [1.807, 2.05) is 0 Å². The third kappa shape index (κ3) is 3.94. The van der Waals surface area contributed by atoms with Crippen LogP contribution in [0.1, 0.15) is 31.1 Å². The predicted molar refractivity (Wildman–Crippen MR) is 68.2 cm³/mol. The number of ether oxygens (including phenoxy) is 2. The summed E-state index contributed by atoms with van der Waals surface area (Å²) >= 11 is 0. The lowest BCUT2D eigenvalue weighted by atomic mass is 10.1. The van der Waals surface area contributed by atoms with Crippen molar-refractivity contribution in [3.8, 4) is 5.75 Å². The van der Waals surface area contributed by atoms with Crippen molar-refractivity contribution < 1.29 is 23.5 Å². The molecule has 0 radical (unpaired) electrons. The number of anilines is 1. The Morgan fingerprint density at radius 2 is 2.00 bits per heavy atom. The summed E-state index contributed by atoms with van der Waals surface area (Å²) < 4.78 is 23.2. The van der Waals surface area contributed by atoms with E-state index in [2.05, 4.69) is 5.32 Å². The van der Waals surface area contributed by atoms with Crippen LogP contribution in [0.3, 0.4) is 0 Å². The number of aldehydes is 1. The molecule has 0 saturated heterocycles. The monoisotopic (exact) mass is 269 g/mol. The molecule has 1 aromatic carbocycles. The van der Waals surface area contributed by atoms with Crippen LogP contribution >= 0.6 is 0 Å². The molecular formula is C13H16FNO4. The minimum Gasteiger partial charge on any atom is -0.493 e. The first-order valence-electron chi connectivity index (χ1n) is 5.60. The summed E-state index contributed by atoms with van der Waals surface area (Å²) in [6.45, 7) is 5.12. The summed E-state index contributed by atoms with van der Waals surface area (Å²) in [4.78, 5) is 22.6. The molecule has 0 heterocycles.